The molecule has 0 saturated carbocycles. The van der Waals surface area contributed by atoms with Gasteiger partial charge in [0, 0.05) is 6.61 Å². The molecule has 1 amide bonds. The molecule has 1 aromatic heterocycles. The number of amides is 1. The molecule has 0 saturated heterocycles. The van der Waals surface area contributed by atoms with Crippen LogP contribution in [0.5, 0.6) is 0 Å². The summed E-state index contributed by atoms with van der Waals surface area (Å²) in [6.07, 6.45) is 3.34. The van der Waals surface area contributed by atoms with Crippen LogP contribution in [-0.2, 0) is 17.8 Å². The van der Waals surface area contributed by atoms with Crippen molar-refractivity contribution in [1.29, 1.82) is 0 Å². The Labute approximate surface area is 117 Å². The predicted octanol–water partition coefficient (Wildman–Crippen LogP) is 2.03. The van der Waals surface area contributed by atoms with Crippen molar-refractivity contribution in [3.8, 4) is 0 Å². The third-order valence-electron chi connectivity index (χ3n) is 2.95. The molecule has 20 heavy (non-hydrogen) atoms. The molecule has 1 aromatic carbocycles. The summed E-state index contributed by atoms with van der Waals surface area (Å²) in [5.74, 6) is 5.21. The monoisotopic (exact) mass is 274 g/mol. The second-order valence-electron chi connectivity index (χ2n) is 4.37. The van der Waals surface area contributed by atoms with Crippen LogP contribution in [0.2, 0.25) is 0 Å². The maximum absolute atomic E-state index is 11.4. The average molecular weight is 274 g/mol. The Balaban J connectivity index is 1.71. The zero-order chi connectivity index (χ0) is 14.2. The second kappa shape index (κ2) is 7.47. The molecule has 5 nitrogen and oxygen atoms in total. The van der Waals surface area contributed by atoms with E-state index in [0.29, 0.717) is 17.9 Å². The summed E-state index contributed by atoms with van der Waals surface area (Å²) >= 11 is 0. The van der Waals surface area contributed by atoms with Crippen LogP contribution in [0.25, 0.3) is 0 Å². The van der Waals surface area contributed by atoms with E-state index >= 15 is 0 Å². The van der Waals surface area contributed by atoms with E-state index in [-0.39, 0.29) is 12.5 Å². The van der Waals surface area contributed by atoms with Crippen molar-refractivity contribution in [3.63, 3.8) is 0 Å². The van der Waals surface area contributed by atoms with Gasteiger partial charge < -0.3 is 9.15 Å². The Morgan fingerprint density at radius 3 is 2.80 bits per heavy atom. The van der Waals surface area contributed by atoms with Gasteiger partial charge in [-0.1, -0.05) is 30.3 Å². The van der Waals surface area contributed by atoms with E-state index in [0.717, 1.165) is 12.8 Å². The van der Waals surface area contributed by atoms with Crippen LogP contribution in [0, 0.1) is 0 Å². The van der Waals surface area contributed by atoms with Crippen molar-refractivity contribution in [1.82, 2.24) is 5.43 Å². The number of nitrogens with one attached hydrogen (secondary N) is 1. The summed E-state index contributed by atoms with van der Waals surface area (Å²) in [5.41, 5.74) is 3.78. The largest absolute Gasteiger partial charge is 0.466 e. The summed E-state index contributed by atoms with van der Waals surface area (Å²) in [4.78, 5) is 11.4. The Morgan fingerprint density at radius 2 is 2.05 bits per heavy atom. The number of nitrogen functional groups attached to an aromatic ring is 1. The fraction of sp³-hybridized carbons (Fsp3) is 0.267. The average Bonchev–Trinajstić information content (AvgIpc) is 2.95. The third kappa shape index (κ3) is 3.94. The number of carbonyl (C=O) groups excluding carboxylic acids is 1. The van der Waals surface area contributed by atoms with Gasteiger partial charge in [-0.05, 0) is 24.5 Å². The Bertz CT molecular complexity index is 537. The fourth-order valence-electron chi connectivity index (χ4n) is 1.92. The molecular weight excluding hydrogens is 256 g/mol. The number of furan rings is 1. The molecule has 106 valence electrons. The summed E-state index contributed by atoms with van der Waals surface area (Å²) in [6, 6.07) is 11.8. The molecule has 2 rings (SSSR count). The maximum atomic E-state index is 11.4. The van der Waals surface area contributed by atoms with E-state index in [1.54, 1.807) is 6.07 Å². The summed E-state index contributed by atoms with van der Waals surface area (Å²) in [6.45, 7) is 0.879. The van der Waals surface area contributed by atoms with Crippen LogP contribution >= 0.6 is 0 Å². The highest BCUT2D eigenvalue weighted by Gasteiger charge is 2.13. The second-order valence-corrected chi connectivity index (χ2v) is 4.37. The number of rotatable bonds is 7. The molecule has 0 aliphatic carbocycles. The molecule has 1 heterocycles. The van der Waals surface area contributed by atoms with E-state index < -0.39 is 0 Å². The highest BCUT2D eigenvalue weighted by atomic mass is 16.5. The first-order valence-electron chi connectivity index (χ1n) is 6.50. The first-order valence-corrected chi connectivity index (χ1v) is 6.50. The van der Waals surface area contributed by atoms with E-state index in [9.17, 15) is 4.79 Å². The molecule has 3 N–H and O–H groups in total. The minimum Gasteiger partial charge on any atom is -0.466 e. The quantitative estimate of drug-likeness (QED) is 0.350. The number of nitrogens with two attached hydrogens (primary N) is 1. The van der Waals surface area contributed by atoms with Crippen LogP contribution in [-0.4, -0.2) is 12.5 Å². The van der Waals surface area contributed by atoms with Crippen molar-refractivity contribution in [3.05, 3.63) is 59.5 Å². The minimum atomic E-state index is -0.373. The number of hydrogen-bond donors (Lipinski definition) is 2. The molecule has 0 aliphatic rings. The topological polar surface area (TPSA) is 77.5 Å². The SMILES string of the molecule is NNC(=O)c1ccoc1COCCCc1ccccc1. The first-order chi connectivity index (χ1) is 9.81. The molecule has 0 unspecified atom stereocenters. The van der Waals surface area contributed by atoms with E-state index in [4.69, 9.17) is 15.0 Å². The summed E-state index contributed by atoms with van der Waals surface area (Å²) in [7, 11) is 0. The van der Waals surface area contributed by atoms with Gasteiger partial charge in [0.1, 0.15) is 12.4 Å². The molecule has 2 aromatic rings. The minimum absolute atomic E-state index is 0.268. The van der Waals surface area contributed by atoms with E-state index in [1.807, 2.05) is 18.2 Å². The number of carbonyl (C=O) groups is 1. The van der Waals surface area contributed by atoms with Crippen molar-refractivity contribution < 1.29 is 13.9 Å². The van der Waals surface area contributed by atoms with Gasteiger partial charge in [-0.15, -0.1) is 0 Å². The van der Waals surface area contributed by atoms with Crippen LogP contribution in [0.4, 0.5) is 0 Å². The van der Waals surface area contributed by atoms with Crippen molar-refractivity contribution in [2.24, 2.45) is 5.84 Å². The lowest BCUT2D eigenvalue weighted by Crippen LogP contribution is -2.30. The first kappa shape index (κ1) is 14.3. The number of aryl methyl sites for hydroxylation is 1. The van der Waals surface area contributed by atoms with Gasteiger partial charge in [-0.3, -0.25) is 10.2 Å². The number of hydrogen-bond acceptors (Lipinski definition) is 4. The predicted molar refractivity (Wildman–Crippen MR) is 74.8 cm³/mol. The van der Waals surface area contributed by atoms with Gasteiger partial charge in [0.25, 0.3) is 5.91 Å². The Morgan fingerprint density at radius 1 is 1.25 bits per heavy atom. The van der Waals surface area contributed by atoms with Gasteiger partial charge in [0.15, 0.2) is 0 Å². The van der Waals surface area contributed by atoms with Crippen LogP contribution in [0.1, 0.15) is 28.1 Å². The van der Waals surface area contributed by atoms with E-state index in [1.165, 1.54) is 11.8 Å². The molecule has 0 fully saturated rings. The molecular formula is C15H18N2O3. The smallest absolute Gasteiger partial charge is 0.268 e. The maximum Gasteiger partial charge on any atom is 0.268 e. The highest BCUT2D eigenvalue weighted by Crippen LogP contribution is 2.12. The van der Waals surface area contributed by atoms with Gasteiger partial charge in [-0.25, -0.2) is 5.84 Å². The zero-order valence-corrected chi connectivity index (χ0v) is 11.2. The summed E-state index contributed by atoms with van der Waals surface area (Å²) in [5, 5.41) is 0. The number of hydrazine groups is 1. The van der Waals surface area contributed by atoms with E-state index in [2.05, 4.69) is 17.6 Å². The lowest BCUT2D eigenvalue weighted by Gasteiger charge is -2.04. The molecule has 0 spiro atoms. The van der Waals surface area contributed by atoms with Crippen molar-refractivity contribution in [2.45, 2.75) is 19.4 Å². The van der Waals surface area contributed by atoms with Gasteiger partial charge in [-0.2, -0.15) is 0 Å². The lowest BCUT2D eigenvalue weighted by atomic mass is 10.1. The van der Waals surface area contributed by atoms with Crippen molar-refractivity contribution >= 4 is 5.91 Å². The van der Waals surface area contributed by atoms with Crippen LogP contribution in [0.15, 0.2) is 47.1 Å². The molecule has 0 radical (unpaired) electrons. The Hall–Kier alpha value is -2.11. The number of benzene rings is 1. The van der Waals surface area contributed by atoms with Crippen LogP contribution < -0.4 is 11.3 Å². The summed E-state index contributed by atoms with van der Waals surface area (Å²) < 4.78 is 10.7. The standard InChI is InChI=1S/C15H18N2O3/c16-17-15(18)13-8-10-20-14(13)11-19-9-4-7-12-5-2-1-3-6-12/h1-3,5-6,8,10H,4,7,9,11,16H2,(H,17,18). The molecule has 0 atom stereocenters. The highest BCUT2D eigenvalue weighted by molar-refractivity contribution is 5.94. The third-order valence-corrected chi connectivity index (χ3v) is 2.95. The number of ether oxygens (including phenoxy) is 1. The van der Waals surface area contributed by atoms with Gasteiger partial charge in [0.2, 0.25) is 0 Å². The molecule has 0 bridgehead atoms. The van der Waals surface area contributed by atoms with Gasteiger partial charge >= 0.3 is 0 Å². The van der Waals surface area contributed by atoms with Crippen LogP contribution in [0.3, 0.4) is 0 Å². The van der Waals surface area contributed by atoms with Gasteiger partial charge in [0.05, 0.1) is 11.8 Å². The molecule has 0 aliphatic heterocycles. The van der Waals surface area contributed by atoms with Crippen molar-refractivity contribution in [2.75, 3.05) is 6.61 Å². The lowest BCUT2D eigenvalue weighted by molar-refractivity contribution is 0.0914. The zero-order valence-electron chi connectivity index (χ0n) is 11.2. The fourth-order valence-corrected chi connectivity index (χ4v) is 1.92. The Kier molecular flexibility index (Phi) is 5.34. The molecule has 5 heteroatoms. The normalized spacial score (nSPS) is 10.4.